The summed E-state index contributed by atoms with van der Waals surface area (Å²) in [5, 5.41) is 9.85. The van der Waals surface area contributed by atoms with Crippen LogP contribution < -0.4 is 0 Å². The van der Waals surface area contributed by atoms with Crippen LogP contribution in [0.1, 0.15) is 31.9 Å². The molecule has 1 aromatic carbocycles. The lowest BCUT2D eigenvalue weighted by atomic mass is 10.0. The van der Waals surface area contributed by atoms with Crippen molar-refractivity contribution in [1.82, 2.24) is 9.80 Å². The van der Waals surface area contributed by atoms with Crippen LogP contribution in [0.5, 0.6) is 0 Å². The lowest BCUT2D eigenvalue weighted by molar-refractivity contribution is -0.141. The van der Waals surface area contributed by atoms with Gasteiger partial charge in [-0.15, -0.1) is 0 Å². The van der Waals surface area contributed by atoms with Crippen molar-refractivity contribution in [2.75, 3.05) is 26.2 Å². The smallest absolute Gasteiger partial charge is 0.308 e. The van der Waals surface area contributed by atoms with Crippen molar-refractivity contribution in [2.24, 2.45) is 5.92 Å². The molecule has 1 aliphatic rings. The maximum absolute atomic E-state index is 12.3. The molecule has 1 aliphatic heterocycles. The van der Waals surface area contributed by atoms with Crippen LogP contribution >= 0.6 is 11.6 Å². The highest BCUT2D eigenvalue weighted by Crippen LogP contribution is 2.30. The summed E-state index contributed by atoms with van der Waals surface area (Å²) in [5.41, 5.74) is 0.987. The van der Waals surface area contributed by atoms with Crippen LogP contribution in [0, 0.1) is 5.92 Å². The highest BCUT2D eigenvalue weighted by Gasteiger charge is 2.38. The molecule has 6 heteroatoms. The summed E-state index contributed by atoms with van der Waals surface area (Å²) in [6.07, 6.45) is 0.0810. The zero-order valence-electron chi connectivity index (χ0n) is 13.5. The number of nitrogens with zero attached hydrogens (tertiary/aromatic N) is 2. The Kier molecular flexibility index (Phi) is 6.02. The number of carbonyl (C=O) groups excluding carboxylic acids is 1. The molecule has 2 rings (SSSR count). The van der Waals surface area contributed by atoms with E-state index in [0.717, 1.165) is 18.7 Å². The number of rotatable bonds is 7. The molecule has 1 amide bonds. The maximum Gasteiger partial charge on any atom is 0.308 e. The Morgan fingerprint density at radius 1 is 1.35 bits per heavy atom. The molecule has 1 aromatic rings. The number of benzene rings is 1. The van der Waals surface area contributed by atoms with Crippen LogP contribution in [-0.4, -0.2) is 53.0 Å². The van der Waals surface area contributed by atoms with Gasteiger partial charge in [0.05, 0.1) is 12.0 Å². The van der Waals surface area contributed by atoms with E-state index < -0.39 is 11.9 Å². The van der Waals surface area contributed by atoms with Gasteiger partial charge in [-0.3, -0.25) is 9.59 Å². The van der Waals surface area contributed by atoms with Gasteiger partial charge in [0, 0.05) is 24.5 Å². The molecule has 0 saturated carbocycles. The Morgan fingerprint density at radius 2 is 1.96 bits per heavy atom. The van der Waals surface area contributed by atoms with E-state index in [9.17, 15) is 14.7 Å². The molecular weight excluding hydrogens is 316 g/mol. The predicted octanol–water partition coefficient (Wildman–Crippen LogP) is 2.66. The van der Waals surface area contributed by atoms with Gasteiger partial charge in [-0.25, -0.2) is 0 Å². The molecule has 0 bridgehead atoms. The third kappa shape index (κ3) is 4.24. The van der Waals surface area contributed by atoms with Crippen LogP contribution in [0.3, 0.4) is 0 Å². The molecule has 1 N–H and O–H groups in total. The standard InChI is InChI=1S/C17H23ClN2O3/c1-3-19(4-2)11-15(12-5-7-14(18)8-6-12)20-10-13(17(22)23)9-16(20)21/h5-8,13,15H,3-4,9-11H2,1-2H3,(H,22,23). The van der Waals surface area contributed by atoms with Gasteiger partial charge < -0.3 is 14.9 Å². The molecule has 2 atom stereocenters. The Bertz CT molecular complexity index is 557. The molecule has 0 spiro atoms. The highest BCUT2D eigenvalue weighted by atomic mass is 35.5. The molecule has 5 nitrogen and oxygen atoms in total. The van der Waals surface area contributed by atoms with Gasteiger partial charge in [-0.05, 0) is 30.8 Å². The van der Waals surface area contributed by atoms with E-state index >= 15 is 0 Å². The molecule has 2 unspecified atom stereocenters. The fourth-order valence-corrected chi connectivity index (χ4v) is 3.12. The molecular formula is C17H23ClN2O3. The molecule has 0 aromatic heterocycles. The van der Waals surface area contributed by atoms with Crippen molar-refractivity contribution in [2.45, 2.75) is 26.3 Å². The van der Waals surface area contributed by atoms with Crippen molar-refractivity contribution in [3.05, 3.63) is 34.9 Å². The summed E-state index contributed by atoms with van der Waals surface area (Å²) in [4.78, 5) is 27.5. The van der Waals surface area contributed by atoms with Gasteiger partial charge in [0.1, 0.15) is 0 Å². The second-order valence-corrected chi connectivity index (χ2v) is 6.28. The van der Waals surface area contributed by atoms with Crippen LogP contribution in [0.25, 0.3) is 0 Å². The fourth-order valence-electron chi connectivity index (χ4n) is 2.99. The van der Waals surface area contributed by atoms with Crippen LogP contribution in [0.2, 0.25) is 5.02 Å². The third-order valence-corrected chi connectivity index (χ3v) is 4.72. The topological polar surface area (TPSA) is 60.9 Å². The number of halogens is 1. The van der Waals surface area contributed by atoms with Crippen molar-refractivity contribution in [1.29, 1.82) is 0 Å². The molecule has 0 radical (unpaired) electrons. The van der Waals surface area contributed by atoms with Crippen molar-refractivity contribution in [3.8, 4) is 0 Å². The van der Waals surface area contributed by atoms with Gasteiger partial charge >= 0.3 is 5.97 Å². The summed E-state index contributed by atoms with van der Waals surface area (Å²) in [6.45, 7) is 6.87. The largest absolute Gasteiger partial charge is 0.481 e. The van der Waals surface area contributed by atoms with E-state index in [0.29, 0.717) is 11.6 Å². The predicted molar refractivity (Wildman–Crippen MR) is 89.4 cm³/mol. The number of carboxylic acids is 1. The van der Waals surface area contributed by atoms with Crippen LogP contribution in [0.4, 0.5) is 0 Å². The van der Waals surface area contributed by atoms with E-state index in [1.165, 1.54) is 0 Å². The number of likely N-dealkylation sites (tertiary alicyclic amines) is 1. The van der Waals surface area contributed by atoms with E-state index in [2.05, 4.69) is 18.7 Å². The highest BCUT2D eigenvalue weighted by molar-refractivity contribution is 6.30. The first-order valence-electron chi connectivity index (χ1n) is 7.96. The Labute approximate surface area is 141 Å². The van der Waals surface area contributed by atoms with Crippen LogP contribution in [-0.2, 0) is 9.59 Å². The van der Waals surface area contributed by atoms with Crippen LogP contribution in [0.15, 0.2) is 24.3 Å². The Morgan fingerprint density at radius 3 is 2.43 bits per heavy atom. The van der Waals surface area contributed by atoms with Crippen molar-refractivity contribution in [3.63, 3.8) is 0 Å². The number of hydrogen-bond donors (Lipinski definition) is 1. The summed E-state index contributed by atoms with van der Waals surface area (Å²) < 4.78 is 0. The lowest BCUT2D eigenvalue weighted by Crippen LogP contribution is -2.39. The zero-order valence-corrected chi connectivity index (χ0v) is 14.3. The van der Waals surface area contributed by atoms with Gasteiger partial charge in [-0.2, -0.15) is 0 Å². The monoisotopic (exact) mass is 338 g/mol. The fraction of sp³-hybridized carbons (Fsp3) is 0.529. The Hall–Kier alpha value is -1.59. The summed E-state index contributed by atoms with van der Waals surface area (Å²) in [6, 6.07) is 7.29. The summed E-state index contributed by atoms with van der Waals surface area (Å²) in [7, 11) is 0. The third-order valence-electron chi connectivity index (χ3n) is 4.46. The molecule has 0 aliphatic carbocycles. The summed E-state index contributed by atoms with van der Waals surface area (Å²) in [5.74, 6) is -1.61. The number of hydrogen-bond acceptors (Lipinski definition) is 3. The van der Waals surface area contributed by atoms with E-state index in [1.807, 2.05) is 12.1 Å². The van der Waals surface area contributed by atoms with Crippen molar-refractivity contribution >= 4 is 23.5 Å². The number of aliphatic carboxylic acids is 1. The summed E-state index contributed by atoms with van der Waals surface area (Å²) >= 11 is 5.96. The number of carboxylic acid groups (broad SMARTS) is 1. The van der Waals surface area contributed by atoms with E-state index in [-0.39, 0.29) is 24.9 Å². The Balaban J connectivity index is 2.27. The lowest BCUT2D eigenvalue weighted by Gasteiger charge is -2.33. The quantitative estimate of drug-likeness (QED) is 0.830. The molecule has 126 valence electrons. The maximum atomic E-state index is 12.3. The second-order valence-electron chi connectivity index (χ2n) is 5.84. The van der Waals surface area contributed by atoms with Gasteiger partial charge in [0.2, 0.25) is 5.91 Å². The average Bonchev–Trinajstić information content (AvgIpc) is 2.92. The molecule has 1 heterocycles. The van der Waals surface area contributed by atoms with Crippen molar-refractivity contribution < 1.29 is 14.7 Å². The average molecular weight is 339 g/mol. The first-order chi connectivity index (χ1) is 11.0. The minimum Gasteiger partial charge on any atom is -0.481 e. The van der Waals surface area contributed by atoms with Gasteiger partial charge in [0.15, 0.2) is 0 Å². The first kappa shape index (κ1) is 17.8. The molecule has 1 fully saturated rings. The zero-order chi connectivity index (χ0) is 17.0. The van der Waals surface area contributed by atoms with Gasteiger partial charge in [-0.1, -0.05) is 37.6 Å². The molecule has 1 saturated heterocycles. The SMILES string of the molecule is CCN(CC)CC(c1ccc(Cl)cc1)N1CC(C(=O)O)CC1=O. The first-order valence-corrected chi connectivity index (χ1v) is 8.34. The second kappa shape index (κ2) is 7.79. The minimum atomic E-state index is -0.904. The minimum absolute atomic E-state index is 0.0810. The van der Waals surface area contributed by atoms with E-state index in [4.69, 9.17) is 11.6 Å². The number of amides is 1. The molecule has 23 heavy (non-hydrogen) atoms. The number of likely N-dealkylation sites (N-methyl/N-ethyl adjacent to an activating group) is 1. The van der Waals surface area contributed by atoms with E-state index in [1.54, 1.807) is 17.0 Å². The normalized spacial score (nSPS) is 19.4. The van der Waals surface area contributed by atoms with Gasteiger partial charge in [0.25, 0.3) is 0 Å². The number of carbonyl (C=O) groups is 2.